The van der Waals surface area contributed by atoms with Gasteiger partial charge in [-0.2, -0.15) is 0 Å². The van der Waals surface area contributed by atoms with E-state index in [1.54, 1.807) is 18.5 Å². The van der Waals surface area contributed by atoms with E-state index < -0.39 is 42.5 Å². The van der Waals surface area contributed by atoms with Gasteiger partial charge in [-0.25, -0.2) is 9.59 Å². The molecule has 1 amide bonds. The number of aliphatic carboxylic acids is 2. The van der Waals surface area contributed by atoms with Crippen molar-refractivity contribution in [3.05, 3.63) is 89.2 Å². The maximum absolute atomic E-state index is 11.4. The molecule has 0 spiro atoms. The van der Waals surface area contributed by atoms with Gasteiger partial charge in [0.15, 0.2) is 18.2 Å². The Labute approximate surface area is 339 Å². The molecule has 1 aromatic heterocycles. The van der Waals surface area contributed by atoms with Crippen LogP contribution >= 0.6 is 15.9 Å². The van der Waals surface area contributed by atoms with Crippen LogP contribution in [0.4, 0.5) is 5.69 Å². The number of carbonyl (C=O) groups is 3. The fourth-order valence-corrected chi connectivity index (χ4v) is 6.57. The maximum atomic E-state index is 11.4. The van der Waals surface area contributed by atoms with Crippen LogP contribution in [0.25, 0.3) is 11.0 Å². The standard InChI is InChI=1S/C25H37NO4.C11H10BrN5.C4H6O6/c1-2-26-25(30)13-9-4-3-8-12-21-22(24(29)18-23(21)28)17-16-20(27)15-14-19-10-6-5-7-11-19;12-9-7(17-11-15-5-6-16-11)1-2-8-10(9)14-4-3-13-8;5-1(3(7)8)2(6)4(9)10/h3,5-8,10-11,16-17,20-24,27-29H,2,4,9,12-15,18H2,1H3,(H,26,30);1-4H,5-6H2,(H2,15,16,17);1-2,5-6H,(H,7,8)(H,9,10)/b8-3-,17-16+;;/t20-,21+,22+,23-,24+;;1-,2-/m0.1/s1. The topological polar surface area (TPSA) is 267 Å². The number of nitrogens with one attached hydrogen (secondary N) is 3. The molecule has 0 saturated heterocycles. The first-order valence-electron chi connectivity index (χ1n) is 18.8. The minimum absolute atomic E-state index is 0.0581. The van der Waals surface area contributed by atoms with E-state index >= 15 is 0 Å². The third-order valence-electron chi connectivity index (χ3n) is 9.08. The van der Waals surface area contributed by atoms with Crippen molar-refractivity contribution in [2.24, 2.45) is 16.8 Å². The molecule has 0 unspecified atom stereocenters. The Balaban J connectivity index is 0.000000268. The molecule has 7 atom stereocenters. The fraction of sp³-hybridized carbons (Fsp3) is 0.450. The minimum Gasteiger partial charge on any atom is -0.479 e. The van der Waals surface area contributed by atoms with Gasteiger partial charge in [0, 0.05) is 44.2 Å². The molecule has 1 fully saturated rings. The van der Waals surface area contributed by atoms with Crippen LogP contribution in [-0.2, 0) is 20.8 Å². The minimum atomic E-state index is -2.27. The molecular formula is C40H53BrN6O10. The van der Waals surface area contributed by atoms with Crippen LogP contribution in [0.1, 0.15) is 51.0 Å². The highest BCUT2D eigenvalue weighted by Gasteiger charge is 2.39. The second-order valence-electron chi connectivity index (χ2n) is 13.3. The monoisotopic (exact) mass is 856 g/mol. The highest BCUT2D eigenvalue weighted by molar-refractivity contribution is 9.10. The molecule has 3 aromatic rings. The predicted molar refractivity (Wildman–Crippen MR) is 218 cm³/mol. The maximum Gasteiger partial charge on any atom is 0.335 e. The van der Waals surface area contributed by atoms with Gasteiger partial charge >= 0.3 is 11.9 Å². The number of aliphatic hydroxyl groups is 5. The van der Waals surface area contributed by atoms with Gasteiger partial charge in [0.25, 0.3) is 0 Å². The molecule has 17 heteroatoms. The number of aromatic nitrogens is 2. The number of guanidine groups is 1. The zero-order valence-corrected chi connectivity index (χ0v) is 33.3. The summed E-state index contributed by atoms with van der Waals surface area (Å²) < 4.78 is 0.902. The average molecular weight is 858 g/mol. The van der Waals surface area contributed by atoms with Crippen molar-refractivity contribution in [2.45, 2.75) is 82.4 Å². The number of hydrogen-bond acceptors (Lipinski definition) is 13. The van der Waals surface area contributed by atoms with Crippen LogP contribution < -0.4 is 16.0 Å². The van der Waals surface area contributed by atoms with Gasteiger partial charge < -0.3 is 51.7 Å². The molecular weight excluding hydrogens is 804 g/mol. The Morgan fingerprint density at radius 3 is 2.32 bits per heavy atom. The van der Waals surface area contributed by atoms with E-state index in [0.717, 1.165) is 59.5 Å². The number of unbranched alkanes of at least 4 members (excludes halogenated alkanes) is 1. The van der Waals surface area contributed by atoms with Crippen molar-refractivity contribution in [1.29, 1.82) is 0 Å². The molecule has 5 rings (SSSR count). The van der Waals surface area contributed by atoms with Crippen LogP contribution in [0.15, 0.2) is 88.6 Å². The van der Waals surface area contributed by atoms with Gasteiger partial charge in [0.1, 0.15) is 5.52 Å². The van der Waals surface area contributed by atoms with Gasteiger partial charge in [-0.3, -0.25) is 19.8 Å². The molecule has 1 aliphatic heterocycles. The number of fused-ring (bicyclic) bond motifs is 1. The molecule has 2 aromatic carbocycles. The number of allylic oxidation sites excluding steroid dienone is 2. The molecule has 1 saturated carbocycles. The summed E-state index contributed by atoms with van der Waals surface area (Å²) in [6.07, 6.45) is 9.47. The number of rotatable bonds is 16. The van der Waals surface area contributed by atoms with Crippen LogP contribution in [0.2, 0.25) is 0 Å². The lowest BCUT2D eigenvalue weighted by Crippen LogP contribution is -2.39. The highest BCUT2D eigenvalue weighted by Crippen LogP contribution is 2.36. The number of anilines is 1. The van der Waals surface area contributed by atoms with Gasteiger partial charge in [0.05, 0.1) is 40.5 Å². The zero-order valence-electron chi connectivity index (χ0n) is 31.7. The number of nitrogens with zero attached hydrogens (tertiary/aromatic N) is 3. The summed E-state index contributed by atoms with van der Waals surface area (Å²) >= 11 is 3.54. The molecule has 1 aliphatic carbocycles. The first-order valence-corrected chi connectivity index (χ1v) is 19.6. The summed E-state index contributed by atoms with van der Waals surface area (Å²) in [6.45, 7) is 4.26. The van der Waals surface area contributed by atoms with Crippen LogP contribution in [0, 0.1) is 11.8 Å². The molecule has 0 bridgehead atoms. The lowest BCUT2D eigenvalue weighted by molar-refractivity contribution is -0.165. The lowest BCUT2D eigenvalue weighted by Gasteiger charge is -2.19. The molecule has 0 radical (unpaired) electrons. The Hall–Kier alpha value is -4.78. The molecule has 310 valence electrons. The summed E-state index contributed by atoms with van der Waals surface area (Å²) in [5.41, 5.74) is 3.84. The van der Waals surface area contributed by atoms with Crippen LogP contribution in [0.3, 0.4) is 0 Å². The highest BCUT2D eigenvalue weighted by atomic mass is 79.9. The largest absolute Gasteiger partial charge is 0.479 e. The molecule has 16 nitrogen and oxygen atoms in total. The molecule has 2 heterocycles. The number of amides is 1. The second-order valence-corrected chi connectivity index (χ2v) is 14.1. The number of hydrogen-bond donors (Lipinski definition) is 10. The van der Waals surface area contributed by atoms with Gasteiger partial charge in [-0.15, -0.1) is 0 Å². The van der Waals surface area contributed by atoms with Crippen molar-refractivity contribution < 1.29 is 50.1 Å². The number of halogens is 1. The normalized spacial score (nSPS) is 20.4. The average Bonchev–Trinajstić information content (AvgIpc) is 3.81. The van der Waals surface area contributed by atoms with Crippen molar-refractivity contribution >= 4 is 56.5 Å². The smallest absolute Gasteiger partial charge is 0.335 e. The predicted octanol–water partition coefficient (Wildman–Crippen LogP) is 2.79. The van der Waals surface area contributed by atoms with E-state index in [-0.39, 0.29) is 17.7 Å². The number of aliphatic imine (C=N–C) groups is 1. The fourth-order valence-electron chi connectivity index (χ4n) is 6.03. The third-order valence-corrected chi connectivity index (χ3v) is 9.88. The zero-order chi connectivity index (χ0) is 41.7. The number of carbonyl (C=O) groups excluding carboxylic acids is 1. The summed E-state index contributed by atoms with van der Waals surface area (Å²) in [7, 11) is 0. The molecule has 57 heavy (non-hydrogen) atoms. The van der Waals surface area contributed by atoms with Gasteiger partial charge in [-0.1, -0.05) is 54.6 Å². The second kappa shape index (κ2) is 24.8. The Bertz CT molecular complexity index is 1800. The SMILES string of the molecule is Brc1c(NC2=NCCN2)ccc2nccnc12.CCNC(=O)CCC/C=C\C[C@@H]1[C@@H](/C=C/[C@@H](O)CCc2ccccc2)[C@H](O)C[C@@H]1O.O=C(O)[C@H](O)[C@@H](O)C(=O)O. The van der Waals surface area contributed by atoms with Crippen molar-refractivity contribution in [1.82, 2.24) is 20.6 Å². The van der Waals surface area contributed by atoms with Crippen molar-refractivity contribution in [3.63, 3.8) is 0 Å². The van der Waals surface area contributed by atoms with E-state index in [4.69, 9.17) is 20.4 Å². The van der Waals surface area contributed by atoms with Crippen LogP contribution in [0.5, 0.6) is 0 Å². The summed E-state index contributed by atoms with van der Waals surface area (Å²) in [6, 6.07) is 14.0. The van der Waals surface area contributed by atoms with E-state index in [1.807, 2.05) is 67.6 Å². The lowest BCUT2D eigenvalue weighted by atomic mass is 9.89. The van der Waals surface area contributed by atoms with Crippen molar-refractivity contribution in [3.8, 4) is 0 Å². The Morgan fingerprint density at radius 1 is 0.965 bits per heavy atom. The van der Waals surface area contributed by atoms with E-state index in [2.05, 4.69) is 46.8 Å². The first-order chi connectivity index (χ1) is 27.3. The quantitative estimate of drug-likeness (QED) is 0.0734. The third kappa shape index (κ3) is 15.9. The van der Waals surface area contributed by atoms with Crippen LogP contribution in [-0.4, -0.2) is 120 Å². The molecule has 10 N–H and O–H groups in total. The Kier molecular flexibility index (Phi) is 20.2. The van der Waals surface area contributed by atoms with E-state index in [9.17, 15) is 29.7 Å². The number of carboxylic acids is 2. The van der Waals surface area contributed by atoms with E-state index in [0.29, 0.717) is 32.2 Å². The summed E-state index contributed by atoms with van der Waals surface area (Å²) in [5, 5.41) is 72.7. The molecule has 2 aliphatic rings. The van der Waals surface area contributed by atoms with E-state index in [1.165, 1.54) is 5.56 Å². The summed E-state index contributed by atoms with van der Waals surface area (Å²) in [5.74, 6) is -2.88. The first kappa shape index (κ1) is 46.6. The van der Waals surface area contributed by atoms with Crippen molar-refractivity contribution in [2.75, 3.05) is 25.0 Å². The Morgan fingerprint density at radius 2 is 1.67 bits per heavy atom. The number of benzene rings is 2. The van der Waals surface area contributed by atoms with Gasteiger partial charge in [0.2, 0.25) is 5.91 Å². The number of carboxylic acid groups (broad SMARTS) is 2. The summed E-state index contributed by atoms with van der Waals surface area (Å²) in [4.78, 5) is 43.8. The number of aryl methyl sites for hydroxylation is 1. The number of aliphatic hydroxyl groups excluding tert-OH is 5. The van der Waals surface area contributed by atoms with Gasteiger partial charge in [-0.05, 0) is 78.6 Å².